The molecule has 6 nitrogen and oxygen atoms in total. The Hall–Kier alpha value is -1.69. The number of hydrogen-bond donors (Lipinski definition) is 2. The van der Waals surface area contributed by atoms with Gasteiger partial charge in [-0.15, -0.1) is 0 Å². The van der Waals surface area contributed by atoms with E-state index < -0.39 is 5.97 Å². The van der Waals surface area contributed by atoms with Gasteiger partial charge in [0.15, 0.2) is 5.82 Å². The number of carboxylic acid groups (broad SMARTS) is 1. The lowest BCUT2D eigenvalue weighted by Gasteiger charge is -2.29. The van der Waals surface area contributed by atoms with Gasteiger partial charge >= 0.3 is 5.97 Å². The van der Waals surface area contributed by atoms with Crippen LogP contribution in [0.5, 0.6) is 0 Å². The predicted molar refractivity (Wildman–Crippen MR) is 79.1 cm³/mol. The first-order valence-corrected chi connectivity index (χ1v) is 7.53. The molecule has 1 aromatic rings. The van der Waals surface area contributed by atoms with E-state index in [1.807, 2.05) is 6.92 Å². The van der Waals surface area contributed by atoms with E-state index in [1.165, 1.54) is 19.3 Å². The highest BCUT2D eigenvalue weighted by Gasteiger charge is 2.29. The Morgan fingerprint density at radius 2 is 2.05 bits per heavy atom. The number of aromatic carboxylic acids is 1. The van der Waals surface area contributed by atoms with Crippen molar-refractivity contribution in [3.05, 3.63) is 17.1 Å². The molecule has 1 aliphatic rings. The first kappa shape index (κ1) is 15.7. The molecule has 116 valence electrons. The van der Waals surface area contributed by atoms with Gasteiger partial charge in [0, 0.05) is 6.61 Å². The normalized spacial score (nSPS) is 17.6. The first-order valence-electron chi connectivity index (χ1n) is 7.53. The third-order valence-electron chi connectivity index (χ3n) is 4.03. The van der Waals surface area contributed by atoms with E-state index in [-0.39, 0.29) is 17.5 Å². The van der Waals surface area contributed by atoms with Gasteiger partial charge in [-0.1, -0.05) is 19.3 Å². The maximum absolute atomic E-state index is 11.2. The standard InChI is InChI=1S/C15H23N3O3/c1-3-21-12(10-7-5-4-6-8-10)14-17-9(2)11(15(19)20)13(16)18-14/h10,12H,3-8H2,1-2H3,(H,19,20)(H2,16,17,18). The van der Waals surface area contributed by atoms with Gasteiger partial charge in [0.1, 0.15) is 17.5 Å². The second kappa shape index (κ2) is 6.85. The van der Waals surface area contributed by atoms with Gasteiger partial charge in [0.05, 0.1) is 5.69 Å². The van der Waals surface area contributed by atoms with Gasteiger partial charge in [0.2, 0.25) is 0 Å². The quantitative estimate of drug-likeness (QED) is 0.866. The molecular formula is C15H23N3O3. The predicted octanol–water partition coefficient (Wildman–Crippen LogP) is 2.72. The molecule has 0 aromatic carbocycles. The third kappa shape index (κ3) is 3.50. The fourth-order valence-electron chi connectivity index (χ4n) is 3.05. The fourth-order valence-corrected chi connectivity index (χ4v) is 3.05. The van der Waals surface area contributed by atoms with Gasteiger partial charge in [-0.25, -0.2) is 14.8 Å². The van der Waals surface area contributed by atoms with Crippen molar-refractivity contribution < 1.29 is 14.6 Å². The summed E-state index contributed by atoms with van der Waals surface area (Å²) in [5.74, 6) is -0.176. The zero-order valence-electron chi connectivity index (χ0n) is 12.6. The number of aromatic nitrogens is 2. The lowest BCUT2D eigenvalue weighted by molar-refractivity contribution is -0.000241. The molecule has 0 bridgehead atoms. The summed E-state index contributed by atoms with van der Waals surface area (Å²) >= 11 is 0. The van der Waals surface area contributed by atoms with Crippen molar-refractivity contribution in [1.29, 1.82) is 0 Å². The van der Waals surface area contributed by atoms with Crippen LogP contribution in [0.4, 0.5) is 5.82 Å². The monoisotopic (exact) mass is 293 g/mol. The van der Waals surface area contributed by atoms with Crippen LogP contribution in [0.15, 0.2) is 0 Å². The molecule has 0 saturated heterocycles. The molecule has 1 atom stereocenters. The molecule has 1 fully saturated rings. The van der Waals surface area contributed by atoms with E-state index in [9.17, 15) is 4.79 Å². The zero-order valence-corrected chi connectivity index (χ0v) is 12.6. The number of hydrogen-bond acceptors (Lipinski definition) is 5. The summed E-state index contributed by atoms with van der Waals surface area (Å²) < 4.78 is 5.85. The third-order valence-corrected chi connectivity index (χ3v) is 4.03. The van der Waals surface area contributed by atoms with Gasteiger partial charge in [-0.05, 0) is 32.6 Å². The van der Waals surface area contributed by atoms with Crippen molar-refractivity contribution in [3.63, 3.8) is 0 Å². The van der Waals surface area contributed by atoms with Crippen molar-refractivity contribution in [2.75, 3.05) is 12.3 Å². The average Bonchev–Trinajstić information content (AvgIpc) is 2.44. The Balaban J connectivity index is 2.33. The molecular weight excluding hydrogens is 270 g/mol. The number of nitrogens with zero attached hydrogens (tertiary/aromatic N) is 2. The molecule has 1 heterocycles. The largest absolute Gasteiger partial charge is 0.477 e. The van der Waals surface area contributed by atoms with Gasteiger partial charge in [-0.2, -0.15) is 0 Å². The lowest BCUT2D eigenvalue weighted by Crippen LogP contribution is -2.23. The Morgan fingerprint density at radius 3 is 2.57 bits per heavy atom. The second-order valence-corrected chi connectivity index (χ2v) is 5.51. The van der Waals surface area contributed by atoms with Crippen LogP contribution in [-0.2, 0) is 4.74 Å². The second-order valence-electron chi connectivity index (χ2n) is 5.51. The molecule has 1 saturated carbocycles. The number of nitrogen functional groups attached to an aromatic ring is 1. The summed E-state index contributed by atoms with van der Waals surface area (Å²) in [7, 11) is 0. The molecule has 0 aliphatic heterocycles. The molecule has 0 amide bonds. The van der Waals surface area contributed by atoms with Crippen LogP contribution in [0, 0.1) is 12.8 Å². The number of ether oxygens (including phenoxy) is 1. The number of nitrogens with two attached hydrogens (primary N) is 1. The summed E-state index contributed by atoms with van der Waals surface area (Å²) in [4.78, 5) is 19.7. The van der Waals surface area contributed by atoms with Gasteiger partial charge in [-0.3, -0.25) is 0 Å². The Labute approximate surface area is 124 Å². The van der Waals surface area contributed by atoms with Crippen LogP contribution in [0.2, 0.25) is 0 Å². The minimum absolute atomic E-state index is 0.0161. The highest BCUT2D eigenvalue weighted by atomic mass is 16.5. The fraction of sp³-hybridized carbons (Fsp3) is 0.667. The molecule has 0 spiro atoms. The molecule has 21 heavy (non-hydrogen) atoms. The highest BCUT2D eigenvalue weighted by molar-refractivity contribution is 5.93. The van der Waals surface area contributed by atoms with E-state index in [0.29, 0.717) is 24.0 Å². The van der Waals surface area contributed by atoms with Crippen molar-refractivity contribution in [1.82, 2.24) is 9.97 Å². The summed E-state index contributed by atoms with van der Waals surface area (Å²) in [5, 5.41) is 9.14. The Bertz CT molecular complexity index is 490. The van der Waals surface area contributed by atoms with E-state index in [0.717, 1.165) is 12.8 Å². The maximum Gasteiger partial charge on any atom is 0.341 e. The van der Waals surface area contributed by atoms with Crippen molar-refractivity contribution >= 4 is 11.8 Å². The molecule has 1 aromatic heterocycles. The van der Waals surface area contributed by atoms with Crippen molar-refractivity contribution in [3.8, 4) is 0 Å². The maximum atomic E-state index is 11.2. The first-order chi connectivity index (χ1) is 10.0. The summed E-state index contributed by atoms with van der Waals surface area (Å²) in [6.07, 6.45) is 5.63. The number of rotatable bonds is 5. The minimum Gasteiger partial charge on any atom is -0.477 e. The molecule has 1 unspecified atom stereocenters. The number of aryl methyl sites for hydroxylation is 1. The summed E-state index contributed by atoms with van der Waals surface area (Å²) in [6, 6.07) is 0. The molecule has 2 rings (SSSR count). The molecule has 0 radical (unpaired) electrons. The Morgan fingerprint density at radius 1 is 1.38 bits per heavy atom. The van der Waals surface area contributed by atoms with Crippen LogP contribution in [0.25, 0.3) is 0 Å². The molecule has 3 N–H and O–H groups in total. The van der Waals surface area contributed by atoms with Crippen LogP contribution in [0.1, 0.15) is 67.0 Å². The SMILES string of the molecule is CCOC(c1nc(C)c(C(=O)O)c(N)n1)C1CCCCC1. The van der Waals surface area contributed by atoms with Crippen LogP contribution in [0.3, 0.4) is 0 Å². The van der Waals surface area contributed by atoms with E-state index in [1.54, 1.807) is 6.92 Å². The van der Waals surface area contributed by atoms with Crippen LogP contribution >= 0.6 is 0 Å². The van der Waals surface area contributed by atoms with E-state index in [4.69, 9.17) is 15.6 Å². The molecule has 6 heteroatoms. The minimum atomic E-state index is -1.10. The average molecular weight is 293 g/mol. The topological polar surface area (TPSA) is 98.3 Å². The van der Waals surface area contributed by atoms with Gasteiger partial charge < -0.3 is 15.6 Å². The molecule has 1 aliphatic carbocycles. The summed E-state index contributed by atoms with van der Waals surface area (Å²) in [6.45, 7) is 4.16. The number of carboxylic acids is 1. The smallest absolute Gasteiger partial charge is 0.341 e. The summed E-state index contributed by atoms with van der Waals surface area (Å²) in [5.41, 5.74) is 6.18. The lowest BCUT2D eigenvalue weighted by atomic mass is 9.85. The van der Waals surface area contributed by atoms with E-state index in [2.05, 4.69) is 9.97 Å². The van der Waals surface area contributed by atoms with Crippen LogP contribution < -0.4 is 5.73 Å². The van der Waals surface area contributed by atoms with Crippen molar-refractivity contribution in [2.45, 2.75) is 52.1 Å². The van der Waals surface area contributed by atoms with Crippen molar-refractivity contribution in [2.24, 2.45) is 5.92 Å². The van der Waals surface area contributed by atoms with Crippen LogP contribution in [-0.4, -0.2) is 27.7 Å². The van der Waals surface area contributed by atoms with E-state index >= 15 is 0 Å². The van der Waals surface area contributed by atoms with Gasteiger partial charge in [0.25, 0.3) is 0 Å². The zero-order chi connectivity index (χ0) is 15.4. The highest BCUT2D eigenvalue weighted by Crippen LogP contribution is 2.36. The number of carbonyl (C=O) groups is 1. The number of anilines is 1. The Kier molecular flexibility index (Phi) is 5.12.